The first-order valence-electron chi connectivity index (χ1n) is 3.86. The van der Waals surface area contributed by atoms with Crippen molar-refractivity contribution in [3.63, 3.8) is 0 Å². The van der Waals surface area contributed by atoms with E-state index in [4.69, 9.17) is 21.4 Å². The topological polar surface area (TPSA) is 57.5 Å². The van der Waals surface area contributed by atoms with Crippen LogP contribution in [0.25, 0.3) is 0 Å². The number of halogens is 3. The monoisotopic (exact) mass is 256 g/mol. The van der Waals surface area contributed by atoms with Gasteiger partial charge in [0, 0.05) is 0 Å². The summed E-state index contributed by atoms with van der Waals surface area (Å²) in [5.41, 5.74) is -4.48. The number of aryl methyl sites for hydroxylation is 1. The third-order valence-corrected chi connectivity index (χ3v) is 3.10. The molecule has 1 aromatic rings. The Bertz CT molecular complexity index is 430. The van der Waals surface area contributed by atoms with E-state index in [0.29, 0.717) is 5.56 Å². The maximum Gasteiger partial charge on any atom is 0.399 e. The third-order valence-electron chi connectivity index (χ3n) is 1.81. The molecular weight excluding hydrogens is 249 g/mol. The highest BCUT2D eigenvalue weighted by Crippen LogP contribution is 2.60. The minimum atomic E-state index is -5.55. The van der Waals surface area contributed by atoms with Gasteiger partial charge in [-0.15, -0.1) is 0 Å². The van der Waals surface area contributed by atoms with E-state index in [9.17, 15) is 13.3 Å². The second kappa shape index (κ2) is 3.83. The van der Waals surface area contributed by atoms with Gasteiger partial charge in [0.2, 0.25) is 0 Å². The first kappa shape index (κ1) is 12.6. The van der Waals surface area contributed by atoms with Crippen LogP contribution in [0.4, 0.5) is 8.78 Å². The molecule has 0 spiro atoms. The Hall–Kier alpha value is -0.480. The second-order valence-electron chi connectivity index (χ2n) is 3.07. The molecule has 0 heterocycles. The van der Waals surface area contributed by atoms with Crippen LogP contribution in [0.5, 0.6) is 0 Å². The van der Waals surface area contributed by atoms with Crippen LogP contribution in [-0.2, 0) is 10.2 Å². The van der Waals surface area contributed by atoms with Gasteiger partial charge in [0.1, 0.15) is 0 Å². The van der Waals surface area contributed by atoms with Crippen LogP contribution in [0.2, 0.25) is 5.02 Å². The van der Waals surface area contributed by atoms with Gasteiger partial charge in [-0.2, -0.15) is 8.78 Å². The summed E-state index contributed by atoms with van der Waals surface area (Å²) in [5, 5.41) is -0.358. The van der Waals surface area contributed by atoms with Crippen LogP contribution in [0, 0.1) is 6.92 Å². The summed E-state index contributed by atoms with van der Waals surface area (Å²) in [6, 6.07) is 3.45. The quantitative estimate of drug-likeness (QED) is 0.800. The molecule has 0 fully saturated rings. The van der Waals surface area contributed by atoms with Crippen LogP contribution >= 0.6 is 19.2 Å². The van der Waals surface area contributed by atoms with Crippen molar-refractivity contribution < 1.29 is 23.1 Å². The molecule has 0 saturated carbocycles. The number of hydrogen-bond acceptors (Lipinski definition) is 1. The number of alkyl halides is 2. The zero-order chi connectivity index (χ0) is 11.9. The molecule has 0 bridgehead atoms. The van der Waals surface area contributed by atoms with E-state index < -0.39 is 18.8 Å². The van der Waals surface area contributed by atoms with E-state index >= 15 is 0 Å². The van der Waals surface area contributed by atoms with Gasteiger partial charge >= 0.3 is 13.3 Å². The summed E-state index contributed by atoms with van der Waals surface area (Å²) in [6.07, 6.45) is 0. The summed E-state index contributed by atoms with van der Waals surface area (Å²) in [6.45, 7) is 1.63. The van der Waals surface area contributed by atoms with Crippen LogP contribution in [-0.4, -0.2) is 9.79 Å². The van der Waals surface area contributed by atoms with E-state index in [1.165, 1.54) is 12.1 Å². The maximum atomic E-state index is 13.2. The molecule has 0 unspecified atom stereocenters. The number of rotatable bonds is 2. The van der Waals surface area contributed by atoms with Crippen molar-refractivity contribution in [3.8, 4) is 0 Å². The molecule has 2 N–H and O–H groups in total. The largest absolute Gasteiger partial charge is 0.399 e. The lowest BCUT2D eigenvalue weighted by atomic mass is 10.1. The molecule has 0 aliphatic carbocycles. The predicted octanol–water partition coefficient (Wildman–Crippen LogP) is 2.88. The van der Waals surface area contributed by atoms with Crippen molar-refractivity contribution >= 4 is 19.2 Å². The zero-order valence-corrected chi connectivity index (χ0v) is 9.27. The average Bonchev–Trinajstić information content (AvgIpc) is 2.00. The molecule has 7 heteroatoms. The lowest BCUT2D eigenvalue weighted by Crippen LogP contribution is -2.14. The van der Waals surface area contributed by atoms with Crippen molar-refractivity contribution in [1.82, 2.24) is 0 Å². The molecule has 15 heavy (non-hydrogen) atoms. The molecule has 0 aliphatic heterocycles. The van der Waals surface area contributed by atoms with E-state index in [0.717, 1.165) is 6.07 Å². The number of hydrogen-bond donors (Lipinski definition) is 2. The van der Waals surface area contributed by atoms with Crippen LogP contribution < -0.4 is 0 Å². The highest BCUT2D eigenvalue weighted by molar-refractivity contribution is 7.52. The zero-order valence-electron chi connectivity index (χ0n) is 7.62. The highest BCUT2D eigenvalue weighted by Gasteiger charge is 2.51. The Morgan fingerprint density at radius 1 is 1.40 bits per heavy atom. The molecule has 0 aromatic heterocycles. The Labute approximate surface area is 89.8 Å². The molecule has 1 aromatic carbocycles. The fraction of sp³-hybridized carbons (Fsp3) is 0.250. The normalized spacial score (nSPS) is 12.9. The molecule has 0 saturated heterocycles. The van der Waals surface area contributed by atoms with Gasteiger partial charge in [0.05, 0.1) is 10.6 Å². The maximum absolute atomic E-state index is 13.2. The molecular formula is C8H8ClF2O3P. The van der Waals surface area contributed by atoms with E-state index in [1.54, 1.807) is 6.92 Å². The smallest absolute Gasteiger partial charge is 0.320 e. The molecule has 0 aliphatic rings. The summed E-state index contributed by atoms with van der Waals surface area (Å²) >= 11 is 5.50. The molecule has 0 radical (unpaired) electrons. The Balaban J connectivity index is 3.34. The fourth-order valence-corrected chi connectivity index (χ4v) is 1.95. The minimum Gasteiger partial charge on any atom is -0.320 e. The lowest BCUT2D eigenvalue weighted by Gasteiger charge is -2.19. The van der Waals surface area contributed by atoms with Crippen molar-refractivity contribution in [3.05, 3.63) is 34.3 Å². The van der Waals surface area contributed by atoms with Gasteiger partial charge in [0.25, 0.3) is 0 Å². The van der Waals surface area contributed by atoms with Gasteiger partial charge in [-0.05, 0) is 18.6 Å². The third kappa shape index (κ3) is 2.37. The Kier molecular flexibility index (Phi) is 3.22. The van der Waals surface area contributed by atoms with Crippen LogP contribution in [0.1, 0.15) is 11.1 Å². The van der Waals surface area contributed by atoms with E-state index in [-0.39, 0.29) is 5.02 Å². The standard InChI is InChI=1S/C8H8ClF2O3P/c1-5-2-3-6(7(9)4-5)8(10,11)15(12,13)14/h2-4H,1H3,(H2,12,13,14). The molecule has 1 rings (SSSR count). The van der Waals surface area contributed by atoms with E-state index in [1.807, 2.05) is 0 Å². The highest BCUT2D eigenvalue weighted by atomic mass is 35.5. The Morgan fingerprint density at radius 3 is 2.33 bits per heavy atom. The van der Waals surface area contributed by atoms with Crippen LogP contribution in [0.15, 0.2) is 18.2 Å². The molecule has 0 amide bonds. The number of benzene rings is 1. The van der Waals surface area contributed by atoms with Crippen molar-refractivity contribution in [2.45, 2.75) is 12.6 Å². The van der Waals surface area contributed by atoms with E-state index in [2.05, 4.69) is 0 Å². The summed E-state index contributed by atoms with van der Waals surface area (Å²) in [4.78, 5) is 17.0. The van der Waals surface area contributed by atoms with Gasteiger partial charge < -0.3 is 9.79 Å². The van der Waals surface area contributed by atoms with Crippen molar-refractivity contribution in [1.29, 1.82) is 0 Å². The summed E-state index contributed by atoms with van der Waals surface area (Å²) in [5.74, 6) is 0. The second-order valence-corrected chi connectivity index (χ2v) is 5.13. The van der Waals surface area contributed by atoms with Gasteiger partial charge in [-0.1, -0.05) is 23.7 Å². The first-order chi connectivity index (χ1) is 6.66. The Morgan fingerprint density at radius 2 is 1.93 bits per heavy atom. The van der Waals surface area contributed by atoms with Crippen molar-refractivity contribution in [2.75, 3.05) is 0 Å². The summed E-state index contributed by atoms with van der Waals surface area (Å²) in [7, 11) is -5.55. The fourth-order valence-electron chi connectivity index (χ4n) is 1.02. The van der Waals surface area contributed by atoms with Crippen molar-refractivity contribution in [2.24, 2.45) is 0 Å². The van der Waals surface area contributed by atoms with Gasteiger partial charge in [-0.25, -0.2) is 0 Å². The lowest BCUT2D eigenvalue weighted by molar-refractivity contribution is 0.0565. The van der Waals surface area contributed by atoms with Gasteiger partial charge in [-0.3, -0.25) is 4.57 Å². The molecule has 3 nitrogen and oxygen atoms in total. The SMILES string of the molecule is Cc1ccc(C(F)(F)P(=O)(O)O)c(Cl)c1. The molecule has 84 valence electrons. The minimum absolute atomic E-state index is 0.358. The first-order valence-corrected chi connectivity index (χ1v) is 5.85. The van der Waals surface area contributed by atoms with Gasteiger partial charge in [0.15, 0.2) is 0 Å². The predicted molar refractivity (Wildman–Crippen MR) is 52.1 cm³/mol. The van der Waals surface area contributed by atoms with Crippen LogP contribution in [0.3, 0.4) is 0 Å². The average molecular weight is 257 g/mol. The summed E-state index contributed by atoms with van der Waals surface area (Å²) < 4.78 is 37.0. The molecule has 0 atom stereocenters.